The smallest absolute Gasteiger partial charge is 0.204 e. The van der Waals surface area contributed by atoms with Gasteiger partial charge in [0.05, 0.1) is 59.3 Å². The van der Waals surface area contributed by atoms with Crippen molar-refractivity contribution in [1.29, 1.82) is 0 Å². The number of aromatic nitrogens is 9. The predicted octanol–water partition coefficient (Wildman–Crippen LogP) is 16.0. The minimum atomic E-state index is -0.220. The molecule has 0 unspecified atom stereocenters. The largest absolute Gasteiger partial charge is 0.497 e. The van der Waals surface area contributed by atoms with Crippen LogP contribution in [0.1, 0.15) is 16.7 Å². The fourth-order valence-electron chi connectivity index (χ4n) is 10.3. The van der Waals surface area contributed by atoms with Gasteiger partial charge in [0, 0.05) is 104 Å². The number of rotatable bonds is 9. The summed E-state index contributed by atoms with van der Waals surface area (Å²) in [6, 6.07) is 54.7. The van der Waals surface area contributed by atoms with Crippen LogP contribution in [-0.2, 0) is 0 Å². The molecule has 14 rings (SSSR count). The SMILES string of the molecule is COc1cccc(-c2ncc3ccc(-c4cccnc4-c4ccc(F)c(C)c4)cn23)c1.Cc1cc(-c2ncccc2-c2ccc3cnc(-c4cccc(N)c4)n3c2)ccc1F.Cc1cc(-c2ncccc2-c2ccc3cnc(N)n3c2)ccc1F. The molecular formula is C70H54F3N11O. The number of hydrogen-bond acceptors (Lipinski definition) is 9. The number of imidazole rings is 3. The molecule has 0 aliphatic carbocycles. The summed E-state index contributed by atoms with van der Waals surface area (Å²) in [7, 11) is 1.65. The topological polar surface area (TPSA) is 152 Å². The third-order valence-corrected chi connectivity index (χ3v) is 14.7. The predicted molar refractivity (Wildman–Crippen MR) is 332 cm³/mol. The molecule has 15 heteroatoms. The molecule has 4 N–H and O–H groups in total. The van der Waals surface area contributed by atoms with Crippen LogP contribution in [0.25, 0.3) is 106 Å². The van der Waals surface area contributed by atoms with E-state index in [0.717, 1.165) is 112 Å². The number of aryl methyl sites for hydroxylation is 3. The van der Waals surface area contributed by atoms with Crippen molar-refractivity contribution in [3.8, 4) is 95.7 Å². The van der Waals surface area contributed by atoms with E-state index in [9.17, 15) is 13.2 Å². The van der Waals surface area contributed by atoms with Crippen molar-refractivity contribution in [1.82, 2.24) is 43.1 Å². The second kappa shape index (κ2) is 23.3. The van der Waals surface area contributed by atoms with E-state index in [-0.39, 0.29) is 17.5 Å². The molecule has 0 aliphatic rings. The molecule has 0 saturated carbocycles. The quantitative estimate of drug-likeness (QED) is 0.135. The number of pyridine rings is 6. The number of ether oxygens (including phenoxy) is 1. The highest BCUT2D eigenvalue weighted by molar-refractivity contribution is 5.84. The summed E-state index contributed by atoms with van der Waals surface area (Å²) < 4.78 is 52.5. The molecule has 0 atom stereocenters. The first-order chi connectivity index (χ1) is 41.4. The molecule has 14 aromatic rings. The van der Waals surface area contributed by atoms with Crippen LogP contribution in [0.3, 0.4) is 0 Å². The molecular weight excluding hydrogens is 1070 g/mol. The maximum atomic E-state index is 13.8. The van der Waals surface area contributed by atoms with Crippen LogP contribution in [-0.4, -0.2) is 50.2 Å². The lowest BCUT2D eigenvalue weighted by molar-refractivity contribution is 0.415. The number of nitrogens with two attached hydrogens (primary N) is 2. The lowest BCUT2D eigenvalue weighted by Crippen LogP contribution is -1.96. The zero-order chi connectivity index (χ0) is 58.7. The number of nitrogen functional groups attached to an aromatic ring is 2. The molecule has 85 heavy (non-hydrogen) atoms. The van der Waals surface area contributed by atoms with Crippen LogP contribution in [0.2, 0.25) is 0 Å². The van der Waals surface area contributed by atoms with Gasteiger partial charge in [-0.2, -0.15) is 0 Å². The molecule has 0 fully saturated rings. The summed E-state index contributed by atoms with van der Waals surface area (Å²) >= 11 is 0. The highest BCUT2D eigenvalue weighted by Crippen LogP contribution is 2.36. The summed E-state index contributed by atoms with van der Waals surface area (Å²) in [5.41, 5.74) is 30.1. The molecule has 9 heterocycles. The molecule has 0 radical (unpaired) electrons. The van der Waals surface area contributed by atoms with Gasteiger partial charge >= 0.3 is 0 Å². The van der Waals surface area contributed by atoms with Gasteiger partial charge < -0.3 is 16.2 Å². The minimum Gasteiger partial charge on any atom is -0.497 e. The summed E-state index contributed by atoms with van der Waals surface area (Å²) in [4.78, 5) is 27.0. The van der Waals surface area contributed by atoms with Crippen molar-refractivity contribution in [2.45, 2.75) is 20.8 Å². The second-order valence-electron chi connectivity index (χ2n) is 20.4. The Balaban J connectivity index is 0.000000126. The fraction of sp³-hybridized carbons (Fsp3) is 0.0571. The molecule has 0 spiro atoms. The molecule has 12 nitrogen and oxygen atoms in total. The van der Waals surface area contributed by atoms with Crippen LogP contribution >= 0.6 is 0 Å². The minimum absolute atomic E-state index is 0.219. The van der Waals surface area contributed by atoms with Crippen LogP contribution in [0.5, 0.6) is 5.75 Å². The van der Waals surface area contributed by atoms with Gasteiger partial charge in [-0.3, -0.25) is 28.2 Å². The number of benzene rings is 5. The average molecular weight is 1120 g/mol. The molecule has 0 bridgehead atoms. The summed E-state index contributed by atoms with van der Waals surface area (Å²) in [6.07, 6.45) is 16.7. The normalized spacial score (nSPS) is 11.1. The van der Waals surface area contributed by atoms with E-state index >= 15 is 0 Å². The van der Waals surface area contributed by atoms with E-state index in [1.807, 2.05) is 150 Å². The number of hydrogen-bond donors (Lipinski definition) is 2. The standard InChI is InChI=1S/C26H20FN3O.C25H19FN4.C19H15FN4/c1-17-13-18(9-11-24(17)27)25-23(7-4-12-28-25)20-8-10-21-15-29-26(30(21)16-20)19-5-3-6-22(14-19)31-2;1-16-12-17(8-10-23(16)26)24-22(6-3-11-28-24)19-7-9-21-14-29-25(30(21)15-19)18-4-2-5-20(27)13-18;1-12-9-13(5-7-17(12)20)18-16(3-2-8-22-18)14-4-6-15-10-23-19(21)24(15)11-14/h3-16H,1-2H3;2-15H,27H2,1H3;2-11H,1H3,(H2,21,23). The van der Waals surface area contributed by atoms with Crippen molar-refractivity contribution in [2.24, 2.45) is 0 Å². The van der Waals surface area contributed by atoms with Gasteiger partial charge in [-0.05, 0) is 153 Å². The summed E-state index contributed by atoms with van der Waals surface area (Å²) in [5, 5.41) is 0. The highest BCUT2D eigenvalue weighted by atomic mass is 19.1. The first-order valence-electron chi connectivity index (χ1n) is 27.2. The summed E-state index contributed by atoms with van der Waals surface area (Å²) in [6.45, 7) is 5.27. The zero-order valence-electron chi connectivity index (χ0n) is 46.7. The Hall–Kier alpha value is -11.2. The van der Waals surface area contributed by atoms with Crippen molar-refractivity contribution < 1.29 is 17.9 Å². The van der Waals surface area contributed by atoms with E-state index in [1.165, 1.54) is 18.2 Å². The molecule has 416 valence electrons. The van der Waals surface area contributed by atoms with Gasteiger partial charge in [0.2, 0.25) is 5.95 Å². The monoisotopic (exact) mass is 1120 g/mol. The number of nitrogens with zero attached hydrogens (tertiary/aromatic N) is 9. The Morgan fingerprint density at radius 3 is 1.18 bits per heavy atom. The van der Waals surface area contributed by atoms with E-state index < -0.39 is 0 Å². The van der Waals surface area contributed by atoms with Gasteiger partial charge in [-0.25, -0.2) is 28.1 Å². The first kappa shape index (κ1) is 54.4. The van der Waals surface area contributed by atoms with Crippen LogP contribution in [0.15, 0.2) is 232 Å². The number of methoxy groups -OCH3 is 1. The molecule has 5 aromatic carbocycles. The summed E-state index contributed by atoms with van der Waals surface area (Å²) in [5.74, 6) is 2.22. The van der Waals surface area contributed by atoms with Crippen molar-refractivity contribution in [3.05, 3.63) is 266 Å². The van der Waals surface area contributed by atoms with Crippen LogP contribution in [0, 0.1) is 38.2 Å². The van der Waals surface area contributed by atoms with Crippen LogP contribution in [0.4, 0.5) is 24.8 Å². The second-order valence-corrected chi connectivity index (χ2v) is 20.4. The van der Waals surface area contributed by atoms with Crippen LogP contribution < -0.4 is 16.2 Å². The maximum Gasteiger partial charge on any atom is 0.204 e. The number of anilines is 2. The van der Waals surface area contributed by atoms with Crippen molar-refractivity contribution in [2.75, 3.05) is 18.6 Å². The Bertz CT molecular complexity index is 4800. The molecule has 0 saturated heterocycles. The van der Waals surface area contributed by atoms with Gasteiger partial charge in [0.15, 0.2) is 0 Å². The fourth-order valence-corrected chi connectivity index (χ4v) is 10.3. The van der Waals surface area contributed by atoms with E-state index in [2.05, 4.69) is 63.2 Å². The molecule has 0 aliphatic heterocycles. The Labute approximate surface area is 487 Å². The maximum absolute atomic E-state index is 13.8. The van der Waals surface area contributed by atoms with E-state index in [0.29, 0.717) is 28.3 Å². The number of halogens is 3. The Kier molecular flexibility index (Phi) is 14.9. The van der Waals surface area contributed by atoms with E-state index in [4.69, 9.17) is 16.2 Å². The van der Waals surface area contributed by atoms with E-state index in [1.54, 1.807) is 70.9 Å². The zero-order valence-corrected chi connectivity index (χ0v) is 46.7. The van der Waals surface area contributed by atoms with Gasteiger partial charge in [0.1, 0.15) is 34.8 Å². The van der Waals surface area contributed by atoms with Gasteiger partial charge in [-0.15, -0.1) is 0 Å². The third-order valence-electron chi connectivity index (χ3n) is 14.7. The molecule has 0 amide bonds. The van der Waals surface area contributed by atoms with Gasteiger partial charge in [0.25, 0.3) is 0 Å². The lowest BCUT2D eigenvalue weighted by atomic mass is 9.99. The molecule has 9 aromatic heterocycles. The third kappa shape index (κ3) is 11.2. The van der Waals surface area contributed by atoms with Crippen molar-refractivity contribution in [3.63, 3.8) is 0 Å². The number of fused-ring (bicyclic) bond motifs is 3. The average Bonchev–Trinajstić information content (AvgIpc) is 3.53. The lowest BCUT2D eigenvalue weighted by Gasteiger charge is -2.11. The van der Waals surface area contributed by atoms with Crippen molar-refractivity contribution >= 4 is 28.2 Å². The highest BCUT2D eigenvalue weighted by Gasteiger charge is 2.17. The Morgan fingerprint density at radius 2 is 0.753 bits per heavy atom. The first-order valence-corrected chi connectivity index (χ1v) is 27.2. The Morgan fingerprint density at radius 1 is 0.365 bits per heavy atom. The van der Waals surface area contributed by atoms with Gasteiger partial charge in [-0.1, -0.05) is 60.7 Å².